The molecular formula is C18H22N2O4. The van der Waals surface area contributed by atoms with Gasteiger partial charge in [-0.25, -0.2) is 0 Å². The van der Waals surface area contributed by atoms with Crippen LogP contribution in [0.2, 0.25) is 0 Å². The molecule has 2 unspecified atom stereocenters. The first-order valence-corrected chi connectivity index (χ1v) is 8.18. The monoisotopic (exact) mass is 330 g/mol. The third-order valence-electron chi connectivity index (χ3n) is 4.01. The maximum Gasteiger partial charge on any atom is 0.310 e. The summed E-state index contributed by atoms with van der Waals surface area (Å²) in [6.45, 7) is 4.72. The van der Waals surface area contributed by atoms with Crippen LogP contribution in [0.5, 0.6) is 5.75 Å². The normalized spacial score (nSPS) is 18.4. The number of hydrogen-bond donors (Lipinski definition) is 0. The van der Waals surface area contributed by atoms with Crippen LogP contribution in [0, 0.1) is 17.2 Å². The molecule has 1 heterocycles. The molecule has 128 valence electrons. The van der Waals surface area contributed by atoms with Gasteiger partial charge in [-0.15, -0.1) is 0 Å². The highest BCUT2D eigenvalue weighted by atomic mass is 16.5. The van der Waals surface area contributed by atoms with Crippen LogP contribution in [0.4, 0.5) is 0 Å². The van der Waals surface area contributed by atoms with Crippen molar-refractivity contribution in [3.8, 4) is 11.8 Å². The average Bonchev–Trinajstić information content (AvgIpc) is 2.61. The summed E-state index contributed by atoms with van der Waals surface area (Å²) < 4.78 is 10.7. The predicted octanol–water partition coefficient (Wildman–Crippen LogP) is 2.13. The maximum absolute atomic E-state index is 12.6. The Hall–Kier alpha value is -2.55. The Bertz CT molecular complexity index is 638. The first-order chi connectivity index (χ1) is 11.6. The minimum absolute atomic E-state index is 0.184. The van der Waals surface area contributed by atoms with Gasteiger partial charge in [-0.1, -0.05) is 12.1 Å². The van der Waals surface area contributed by atoms with Crippen LogP contribution >= 0.6 is 0 Å². The first kappa shape index (κ1) is 17.8. The Morgan fingerprint density at radius 3 is 2.88 bits per heavy atom. The van der Waals surface area contributed by atoms with Crippen LogP contribution in [0.15, 0.2) is 24.3 Å². The van der Waals surface area contributed by atoms with Crippen molar-refractivity contribution in [3.63, 3.8) is 0 Å². The first-order valence-electron chi connectivity index (χ1n) is 8.18. The molecular weight excluding hydrogens is 308 g/mol. The number of carbonyl (C=O) groups is 2. The molecule has 24 heavy (non-hydrogen) atoms. The van der Waals surface area contributed by atoms with Crippen molar-refractivity contribution in [2.75, 3.05) is 19.7 Å². The van der Waals surface area contributed by atoms with Crippen molar-refractivity contribution in [3.05, 3.63) is 29.8 Å². The summed E-state index contributed by atoms with van der Waals surface area (Å²) >= 11 is 0. The molecule has 6 nitrogen and oxygen atoms in total. The molecule has 2 rings (SSSR count). The summed E-state index contributed by atoms with van der Waals surface area (Å²) in [5.41, 5.74) is 0.389. The summed E-state index contributed by atoms with van der Waals surface area (Å²) in [4.78, 5) is 26.1. The number of nitrogens with zero attached hydrogens (tertiary/aromatic N) is 2. The Morgan fingerprint density at radius 2 is 2.17 bits per heavy atom. The molecule has 0 N–H and O–H groups in total. The van der Waals surface area contributed by atoms with Gasteiger partial charge in [0.15, 0.2) is 6.10 Å². The number of carbonyl (C=O) groups excluding carboxylic acids is 2. The van der Waals surface area contributed by atoms with Gasteiger partial charge >= 0.3 is 5.97 Å². The zero-order valence-corrected chi connectivity index (χ0v) is 14.0. The highest BCUT2D eigenvalue weighted by Crippen LogP contribution is 2.22. The standard InChI is InChI=1S/C18H22N2O4/c1-3-23-18(22)15-8-6-10-20(12-15)17(21)13(2)24-16-9-5-4-7-14(16)11-19/h4-5,7,9,13,15H,3,6,8,10,12H2,1-2H3. The minimum Gasteiger partial charge on any atom is -0.480 e. The van der Waals surface area contributed by atoms with Gasteiger partial charge in [-0.3, -0.25) is 9.59 Å². The van der Waals surface area contributed by atoms with E-state index in [-0.39, 0.29) is 17.8 Å². The van der Waals surface area contributed by atoms with Crippen molar-refractivity contribution in [1.82, 2.24) is 4.90 Å². The second-order valence-electron chi connectivity index (χ2n) is 5.74. The Morgan fingerprint density at radius 1 is 1.42 bits per heavy atom. The summed E-state index contributed by atoms with van der Waals surface area (Å²) in [5.74, 6) is -0.323. The number of nitriles is 1. The quantitative estimate of drug-likeness (QED) is 0.773. The predicted molar refractivity (Wildman–Crippen MR) is 87.2 cm³/mol. The third kappa shape index (κ3) is 4.25. The van der Waals surface area contributed by atoms with Crippen LogP contribution in [-0.2, 0) is 14.3 Å². The lowest BCUT2D eigenvalue weighted by Crippen LogP contribution is -2.47. The van der Waals surface area contributed by atoms with E-state index in [0.717, 1.165) is 12.8 Å². The van der Waals surface area contributed by atoms with E-state index in [1.54, 1.807) is 43.0 Å². The summed E-state index contributed by atoms with van der Waals surface area (Å²) in [5, 5.41) is 9.09. The fourth-order valence-electron chi connectivity index (χ4n) is 2.79. The number of piperidine rings is 1. The number of hydrogen-bond acceptors (Lipinski definition) is 5. The van der Waals surface area contributed by atoms with Crippen LogP contribution in [0.25, 0.3) is 0 Å². The number of amides is 1. The lowest BCUT2D eigenvalue weighted by molar-refractivity contribution is -0.152. The van der Waals surface area contributed by atoms with Crippen molar-refractivity contribution in [1.29, 1.82) is 5.26 Å². The van der Waals surface area contributed by atoms with E-state index in [1.165, 1.54) is 0 Å². The number of para-hydroxylation sites is 1. The number of ether oxygens (including phenoxy) is 2. The maximum atomic E-state index is 12.6. The van der Waals surface area contributed by atoms with Crippen LogP contribution in [-0.4, -0.2) is 42.6 Å². The van der Waals surface area contributed by atoms with E-state index >= 15 is 0 Å². The summed E-state index contributed by atoms with van der Waals surface area (Å²) in [6.07, 6.45) is 0.770. The second-order valence-corrected chi connectivity index (χ2v) is 5.74. The van der Waals surface area contributed by atoms with E-state index < -0.39 is 6.10 Å². The molecule has 0 saturated carbocycles. The van der Waals surface area contributed by atoms with E-state index in [9.17, 15) is 9.59 Å². The molecule has 0 bridgehead atoms. The molecule has 1 amide bonds. The molecule has 1 aromatic carbocycles. The van der Waals surface area contributed by atoms with Gasteiger partial charge in [0.1, 0.15) is 11.8 Å². The van der Waals surface area contributed by atoms with Gasteiger partial charge in [-0.05, 0) is 38.8 Å². The molecule has 6 heteroatoms. The number of benzene rings is 1. The van der Waals surface area contributed by atoms with Gasteiger partial charge in [0, 0.05) is 13.1 Å². The van der Waals surface area contributed by atoms with Crippen molar-refractivity contribution in [2.45, 2.75) is 32.8 Å². The molecule has 2 atom stereocenters. The number of esters is 1. The Labute approximate surface area is 142 Å². The second kappa shape index (κ2) is 8.34. The van der Waals surface area contributed by atoms with Crippen LogP contribution in [0.1, 0.15) is 32.3 Å². The number of rotatable bonds is 5. The highest BCUT2D eigenvalue weighted by Gasteiger charge is 2.32. The largest absolute Gasteiger partial charge is 0.480 e. The van der Waals surface area contributed by atoms with Crippen molar-refractivity contribution < 1.29 is 19.1 Å². The van der Waals surface area contributed by atoms with Crippen molar-refractivity contribution in [2.24, 2.45) is 5.92 Å². The Balaban J connectivity index is 2.00. The van der Waals surface area contributed by atoms with E-state index in [0.29, 0.717) is 31.0 Å². The molecule has 1 saturated heterocycles. The van der Waals surface area contributed by atoms with Gasteiger partial charge < -0.3 is 14.4 Å². The number of likely N-dealkylation sites (tertiary alicyclic amines) is 1. The lowest BCUT2D eigenvalue weighted by Gasteiger charge is -2.33. The lowest BCUT2D eigenvalue weighted by atomic mass is 9.98. The fraction of sp³-hybridized carbons (Fsp3) is 0.500. The SMILES string of the molecule is CCOC(=O)C1CCCN(C(=O)C(C)Oc2ccccc2C#N)C1. The van der Waals surface area contributed by atoms with Gasteiger partial charge in [0.2, 0.25) is 0 Å². The van der Waals surface area contributed by atoms with Gasteiger partial charge in [0.25, 0.3) is 5.91 Å². The zero-order valence-electron chi connectivity index (χ0n) is 14.0. The highest BCUT2D eigenvalue weighted by molar-refractivity contribution is 5.82. The van der Waals surface area contributed by atoms with E-state index in [4.69, 9.17) is 14.7 Å². The molecule has 1 aliphatic heterocycles. The van der Waals surface area contributed by atoms with Gasteiger partial charge in [-0.2, -0.15) is 5.26 Å². The van der Waals surface area contributed by atoms with Crippen molar-refractivity contribution >= 4 is 11.9 Å². The molecule has 1 aliphatic rings. The molecule has 1 fully saturated rings. The van der Waals surface area contributed by atoms with Crippen LogP contribution in [0.3, 0.4) is 0 Å². The molecule has 0 aromatic heterocycles. The van der Waals surface area contributed by atoms with E-state index in [1.807, 2.05) is 6.07 Å². The molecule has 1 aromatic rings. The topological polar surface area (TPSA) is 79.6 Å². The zero-order chi connectivity index (χ0) is 17.5. The van der Waals surface area contributed by atoms with E-state index in [2.05, 4.69) is 0 Å². The minimum atomic E-state index is -0.722. The molecule has 0 radical (unpaired) electrons. The fourth-order valence-corrected chi connectivity index (χ4v) is 2.79. The Kier molecular flexibility index (Phi) is 6.19. The summed E-state index contributed by atoms with van der Waals surface area (Å²) in [7, 11) is 0. The summed E-state index contributed by atoms with van der Waals surface area (Å²) in [6, 6.07) is 8.85. The molecule has 0 aliphatic carbocycles. The smallest absolute Gasteiger partial charge is 0.310 e. The molecule has 0 spiro atoms. The average molecular weight is 330 g/mol. The van der Waals surface area contributed by atoms with Gasteiger partial charge in [0.05, 0.1) is 18.1 Å². The third-order valence-corrected chi connectivity index (χ3v) is 4.01. The van der Waals surface area contributed by atoms with Crippen LogP contribution < -0.4 is 4.74 Å².